The smallest absolute Gasteiger partial charge is 0.258 e. The van der Waals surface area contributed by atoms with Gasteiger partial charge in [-0.25, -0.2) is 4.39 Å². The molecule has 100 valence electrons. The van der Waals surface area contributed by atoms with Crippen molar-refractivity contribution in [2.24, 2.45) is 0 Å². The molecule has 0 aliphatic heterocycles. The molecule has 0 fully saturated rings. The lowest BCUT2D eigenvalue weighted by Crippen LogP contribution is -2.36. The molecule has 18 heavy (non-hydrogen) atoms. The Kier molecular flexibility index (Phi) is 6.03. The topological polar surface area (TPSA) is 78.8 Å². The minimum Gasteiger partial charge on any atom is -0.483 e. The molecular weight excluding hydrogens is 309 g/mol. The minimum absolute atomic E-state index is 0.0523. The van der Waals surface area contributed by atoms with Crippen LogP contribution in [0.1, 0.15) is 0 Å². The van der Waals surface area contributed by atoms with Crippen molar-refractivity contribution in [2.45, 2.75) is 6.10 Å². The highest BCUT2D eigenvalue weighted by molar-refractivity contribution is 9.10. The lowest BCUT2D eigenvalue weighted by molar-refractivity contribution is -0.123. The van der Waals surface area contributed by atoms with Crippen molar-refractivity contribution in [3.8, 4) is 5.75 Å². The Balaban J connectivity index is 2.38. The first-order valence-electron chi connectivity index (χ1n) is 5.16. The normalized spacial score (nSPS) is 12.0. The van der Waals surface area contributed by atoms with Gasteiger partial charge < -0.3 is 20.3 Å². The van der Waals surface area contributed by atoms with Gasteiger partial charge in [0.25, 0.3) is 5.91 Å². The van der Waals surface area contributed by atoms with E-state index in [1.165, 1.54) is 18.2 Å². The van der Waals surface area contributed by atoms with Crippen LogP contribution in [0.5, 0.6) is 5.75 Å². The number of aliphatic hydroxyl groups is 2. The quantitative estimate of drug-likeness (QED) is 0.710. The molecule has 1 amide bonds. The molecule has 3 N–H and O–H groups in total. The maximum atomic E-state index is 12.8. The number of nitrogens with one attached hydrogen (secondary N) is 1. The summed E-state index contributed by atoms with van der Waals surface area (Å²) in [6.45, 7) is -0.740. The van der Waals surface area contributed by atoms with Crippen LogP contribution in [0.3, 0.4) is 0 Å². The monoisotopic (exact) mass is 321 g/mol. The summed E-state index contributed by atoms with van der Waals surface area (Å²) in [5.74, 6) is -0.516. The Bertz CT molecular complexity index is 416. The number of hydrogen-bond donors (Lipinski definition) is 3. The average molecular weight is 322 g/mol. The van der Waals surface area contributed by atoms with Gasteiger partial charge in [-0.2, -0.15) is 0 Å². The summed E-state index contributed by atoms with van der Waals surface area (Å²) in [6.07, 6.45) is -0.994. The van der Waals surface area contributed by atoms with E-state index in [1.807, 2.05) is 0 Å². The van der Waals surface area contributed by atoms with E-state index < -0.39 is 24.4 Å². The molecule has 0 radical (unpaired) electrons. The zero-order chi connectivity index (χ0) is 13.5. The number of benzene rings is 1. The van der Waals surface area contributed by atoms with E-state index in [-0.39, 0.29) is 13.2 Å². The predicted octanol–water partition coefficient (Wildman–Crippen LogP) is 0.436. The van der Waals surface area contributed by atoms with Gasteiger partial charge in [-0.1, -0.05) is 0 Å². The number of aliphatic hydroxyl groups excluding tert-OH is 2. The molecule has 0 aliphatic rings. The van der Waals surface area contributed by atoms with Crippen LogP contribution >= 0.6 is 15.9 Å². The number of ether oxygens (including phenoxy) is 1. The first kappa shape index (κ1) is 14.9. The highest BCUT2D eigenvalue weighted by Crippen LogP contribution is 2.25. The van der Waals surface area contributed by atoms with Crippen LogP contribution in [0.4, 0.5) is 4.39 Å². The number of amides is 1. The lowest BCUT2D eigenvalue weighted by atomic mass is 10.3. The molecule has 1 atom stereocenters. The molecule has 0 saturated carbocycles. The summed E-state index contributed by atoms with van der Waals surface area (Å²) in [5.41, 5.74) is 0. The minimum atomic E-state index is -0.994. The van der Waals surface area contributed by atoms with Crippen LogP contribution in [-0.4, -0.2) is 42.0 Å². The first-order valence-corrected chi connectivity index (χ1v) is 5.95. The standard InChI is InChI=1S/C11H13BrFNO4/c12-9-3-7(13)1-2-10(9)18-6-11(17)14-4-8(16)5-15/h1-3,8,15-16H,4-6H2,(H,14,17). The Morgan fingerprint density at radius 1 is 1.56 bits per heavy atom. The van der Waals surface area contributed by atoms with Crippen LogP contribution in [0.15, 0.2) is 22.7 Å². The van der Waals surface area contributed by atoms with E-state index in [4.69, 9.17) is 14.9 Å². The summed E-state index contributed by atoms with van der Waals surface area (Å²) in [6, 6.07) is 3.84. The van der Waals surface area contributed by atoms with Crippen molar-refractivity contribution < 1.29 is 24.1 Å². The van der Waals surface area contributed by atoms with E-state index in [1.54, 1.807) is 0 Å². The third kappa shape index (κ3) is 4.99. The fourth-order valence-electron chi connectivity index (χ4n) is 1.08. The van der Waals surface area contributed by atoms with Gasteiger partial charge in [-0.3, -0.25) is 4.79 Å². The van der Waals surface area contributed by atoms with Crippen LogP contribution < -0.4 is 10.1 Å². The SMILES string of the molecule is O=C(COc1ccc(F)cc1Br)NCC(O)CO. The summed E-state index contributed by atoms with van der Waals surface area (Å²) in [7, 11) is 0. The zero-order valence-corrected chi connectivity index (χ0v) is 11.0. The van der Waals surface area contributed by atoms with Crippen LogP contribution in [0, 0.1) is 5.82 Å². The van der Waals surface area contributed by atoms with E-state index in [9.17, 15) is 9.18 Å². The van der Waals surface area contributed by atoms with Crippen molar-refractivity contribution in [1.82, 2.24) is 5.32 Å². The second kappa shape index (κ2) is 7.30. The number of halogens is 2. The van der Waals surface area contributed by atoms with E-state index in [0.29, 0.717) is 10.2 Å². The van der Waals surface area contributed by atoms with Crippen molar-refractivity contribution in [2.75, 3.05) is 19.8 Å². The van der Waals surface area contributed by atoms with Gasteiger partial charge in [0.15, 0.2) is 6.61 Å². The van der Waals surface area contributed by atoms with E-state index in [0.717, 1.165) is 0 Å². The van der Waals surface area contributed by atoms with Gasteiger partial charge >= 0.3 is 0 Å². The van der Waals surface area contributed by atoms with Gasteiger partial charge in [0.1, 0.15) is 11.6 Å². The average Bonchev–Trinajstić information content (AvgIpc) is 2.34. The molecule has 0 aromatic heterocycles. The summed E-state index contributed by atoms with van der Waals surface area (Å²) < 4.78 is 18.3. The Hall–Kier alpha value is -1.18. The molecule has 0 saturated heterocycles. The Labute approximate surface area is 112 Å². The molecule has 1 aromatic rings. The van der Waals surface area contributed by atoms with Gasteiger partial charge in [-0.05, 0) is 34.1 Å². The highest BCUT2D eigenvalue weighted by Gasteiger charge is 2.08. The molecule has 1 unspecified atom stereocenters. The summed E-state index contributed by atoms with van der Waals surface area (Å²) in [4.78, 5) is 11.3. The second-order valence-electron chi connectivity index (χ2n) is 3.50. The maximum absolute atomic E-state index is 12.8. The first-order chi connectivity index (χ1) is 8.52. The molecule has 0 aliphatic carbocycles. The van der Waals surface area contributed by atoms with Crippen molar-refractivity contribution in [3.05, 3.63) is 28.5 Å². The summed E-state index contributed by atoms with van der Waals surface area (Å²) >= 11 is 3.10. The Morgan fingerprint density at radius 2 is 2.28 bits per heavy atom. The number of carbonyl (C=O) groups excluding carboxylic acids is 1. The van der Waals surface area contributed by atoms with Crippen molar-refractivity contribution in [1.29, 1.82) is 0 Å². The number of carbonyl (C=O) groups is 1. The van der Waals surface area contributed by atoms with Crippen LogP contribution in [-0.2, 0) is 4.79 Å². The third-order valence-corrected chi connectivity index (χ3v) is 2.62. The molecule has 0 heterocycles. The second-order valence-corrected chi connectivity index (χ2v) is 4.36. The van der Waals surface area contributed by atoms with Crippen LogP contribution in [0.2, 0.25) is 0 Å². The summed E-state index contributed by atoms with van der Waals surface area (Å²) in [5, 5.41) is 19.9. The third-order valence-electron chi connectivity index (χ3n) is 2.00. The fourth-order valence-corrected chi connectivity index (χ4v) is 1.55. The van der Waals surface area contributed by atoms with Crippen molar-refractivity contribution >= 4 is 21.8 Å². The van der Waals surface area contributed by atoms with Crippen LogP contribution in [0.25, 0.3) is 0 Å². The Morgan fingerprint density at radius 3 is 2.89 bits per heavy atom. The molecule has 0 bridgehead atoms. The molecular formula is C11H13BrFNO4. The predicted molar refractivity (Wildman–Crippen MR) is 65.7 cm³/mol. The fraction of sp³-hybridized carbons (Fsp3) is 0.364. The van der Waals surface area contributed by atoms with Crippen molar-refractivity contribution in [3.63, 3.8) is 0 Å². The highest BCUT2D eigenvalue weighted by atomic mass is 79.9. The van der Waals surface area contributed by atoms with Gasteiger partial charge in [0.05, 0.1) is 17.2 Å². The molecule has 0 spiro atoms. The zero-order valence-electron chi connectivity index (χ0n) is 9.40. The van der Waals surface area contributed by atoms with Gasteiger partial charge in [0.2, 0.25) is 0 Å². The molecule has 1 aromatic carbocycles. The largest absolute Gasteiger partial charge is 0.483 e. The lowest BCUT2D eigenvalue weighted by Gasteiger charge is -2.10. The van der Waals surface area contributed by atoms with Gasteiger partial charge in [-0.15, -0.1) is 0 Å². The molecule has 1 rings (SSSR count). The number of hydrogen-bond acceptors (Lipinski definition) is 4. The molecule has 5 nitrogen and oxygen atoms in total. The number of rotatable bonds is 6. The van der Waals surface area contributed by atoms with E-state index >= 15 is 0 Å². The van der Waals surface area contributed by atoms with Gasteiger partial charge in [0, 0.05) is 6.54 Å². The maximum Gasteiger partial charge on any atom is 0.258 e. The van der Waals surface area contributed by atoms with E-state index in [2.05, 4.69) is 21.2 Å². The molecule has 7 heteroatoms.